The molecule has 0 aromatic heterocycles. The van der Waals surface area contributed by atoms with E-state index in [9.17, 15) is 13.2 Å². The SMILES string of the molecule is CC(C)c1cccc(N(C)C(=O)CCCOc2ccc(S(C)(=O)=O)cc2)c1. The molecule has 0 saturated carbocycles. The van der Waals surface area contributed by atoms with Gasteiger partial charge in [-0.15, -0.1) is 0 Å². The van der Waals surface area contributed by atoms with Gasteiger partial charge >= 0.3 is 0 Å². The molecule has 0 saturated heterocycles. The Labute approximate surface area is 161 Å². The van der Waals surface area contributed by atoms with E-state index in [1.807, 2.05) is 18.2 Å². The average Bonchev–Trinajstić information content (AvgIpc) is 2.64. The fraction of sp³-hybridized carbons (Fsp3) is 0.381. The minimum absolute atomic E-state index is 0.0342. The normalized spacial score (nSPS) is 11.4. The Morgan fingerprint density at radius 3 is 2.37 bits per heavy atom. The van der Waals surface area contributed by atoms with Crippen molar-refractivity contribution in [3.63, 3.8) is 0 Å². The van der Waals surface area contributed by atoms with Gasteiger partial charge < -0.3 is 9.64 Å². The molecule has 2 rings (SSSR count). The van der Waals surface area contributed by atoms with Crippen molar-refractivity contribution in [2.45, 2.75) is 37.5 Å². The second kappa shape index (κ2) is 9.04. The third kappa shape index (κ3) is 6.10. The third-order valence-electron chi connectivity index (χ3n) is 4.35. The Kier molecular flexibility index (Phi) is 7.02. The van der Waals surface area contributed by atoms with Gasteiger partial charge in [0.25, 0.3) is 0 Å². The van der Waals surface area contributed by atoms with Gasteiger partial charge in [-0.2, -0.15) is 0 Å². The topological polar surface area (TPSA) is 63.7 Å². The zero-order chi connectivity index (χ0) is 20.0. The van der Waals surface area contributed by atoms with E-state index < -0.39 is 9.84 Å². The molecule has 146 valence electrons. The van der Waals surface area contributed by atoms with E-state index in [0.717, 1.165) is 5.69 Å². The van der Waals surface area contributed by atoms with Crippen LogP contribution in [0.2, 0.25) is 0 Å². The summed E-state index contributed by atoms with van der Waals surface area (Å²) in [6.45, 7) is 4.64. The number of benzene rings is 2. The molecule has 0 aliphatic carbocycles. The number of nitrogens with zero attached hydrogens (tertiary/aromatic N) is 1. The molecule has 0 spiro atoms. The van der Waals surface area contributed by atoms with Crippen molar-refractivity contribution in [3.05, 3.63) is 54.1 Å². The number of carbonyl (C=O) groups is 1. The van der Waals surface area contributed by atoms with Gasteiger partial charge in [0.2, 0.25) is 5.91 Å². The Bertz CT molecular complexity index is 873. The first-order valence-electron chi connectivity index (χ1n) is 8.98. The van der Waals surface area contributed by atoms with Crippen molar-refractivity contribution in [3.8, 4) is 5.75 Å². The molecule has 0 fully saturated rings. The van der Waals surface area contributed by atoms with Gasteiger partial charge in [-0.1, -0.05) is 26.0 Å². The molecule has 0 atom stereocenters. The van der Waals surface area contributed by atoms with E-state index in [0.29, 0.717) is 31.1 Å². The van der Waals surface area contributed by atoms with Gasteiger partial charge in [0.05, 0.1) is 11.5 Å². The summed E-state index contributed by atoms with van der Waals surface area (Å²) in [5.41, 5.74) is 2.09. The Morgan fingerprint density at radius 1 is 1.11 bits per heavy atom. The zero-order valence-corrected chi connectivity index (χ0v) is 17.1. The van der Waals surface area contributed by atoms with Crippen LogP contribution in [0.15, 0.2) is 53.4 Å². The van der Waals surface area contributed by atoms with Gasteiger partial charge in [-0.3, -0.25) is 4.79 Å². The van der Waals surface area contributed by atoms with Gasteiger partial charge in [0.15, 0.2) is 9.84 Å². The van der Waals surface area contributed by atoms with Gasteiger partial charge in [0.1, 0.15) is 5.75 Å². The zero-order valence-electron chi connectivity index (χ0n) is 16.3. The maximum Gasteiger partial charge on any atom is 0.226 e. The first-order valence-corrected chi connectivity index (χ1v) is 10.9. The maximum atomic E-state index is 12.4. The average molecular weight is 390 g/mol. The fourth-order valence-corrected chi connectivity index (χ4v) is 3.23. The molecule has 0 unspecified atom stereocenters. The first-order chi connectivity index (χ1) is 12.7. The highest BCUT2D eigenvalue weighted by atomic mass is 32.2. The lowest BCUT2D eigenvalue weighted by molar-refractivity contribution is -0.118. The van der Waals surface area contributed by atoms with Crippen LogP contribution in [0.25, 0.3) is 0 Å². The number of rotatable bonds is 8. The van der Waals surface area contributed by atoms with Gasteiger partial charge in [-0.25, -0.2) is 8.42 Å². The molecule has 2 aromatic carbocycles. The van der Waals surface area contributed by atoms with E-state index in [2.05, 4.69) is 19.9 Å². The number of amides is 1. The standard InChI is InChI=1S/C21H27NO4S/c1-16(2)17-7-5-8-18(15-17)22(3)21(23)9-6-14-26-19-10-12-20(13-11-19)27(4,24)25/h5,7-8,10-13,15-16H,6,9,14H2,1-4H3. The quantitative estimate of drug-likeness (QED) is 0.639. The number of hydrogen-bond donors (Lipinski definition) is 0. The van der Waals surface area contributed by atoms with Crippen molar-refractivity contribution in [1.82, 2.24) is 0 Å². The smallest absolute Gasteiger partial charge is 0.226 e. The highest BCUT2D eigenvalue weighted by Crippen LogP contribution is 2.21. The van der Waals surface area contributed by atoms with Gasteiger partial charge in [-0.05, 0) is 54.3 Å². The summed E-state index contributed by atoms with van der Waals surface area (Å²) in [5.74, 6) is 1.04. The lowest BCUT2D eigenvalue weighted by Gasteiger charge is -2.19. The fourth-order valence-electron chi connectivity index (χ4n) is 2.60. The molecule has 0 aliphatic rings. The minimum atomic E-state index is -3.21. The Balaban J connectivity index is 1.83. The summed E-state index contributed by atoms with van der Waals surface area (Å²) in [6.07, 6.45) is 2.13. The largest absolute Gasteiger partial charge is 0.494 e. The minimum Gasteiger partial charge on any atom is -0.494 e. The molecular weight excluding hydrogens is 362 g/mol. The predicted molar refractivity (Wildman–Crippen MR) is 108 cm³/mol. The summed E-state index contributed by atoms with van der Waals surface area (Å²) in [7, 11) is -1.42. The second-order valence-electron chi connectivity index (χ2n) is 6.90. The molecule has 0 heterocycles. The molecule has 5 nitrogen and oxygen atoms in total. The highest BCUT2D eigenvalue weighted by Gasteiger charge is 2.12. The third-order valence-corrected chi connectivity index (χ3v) is 5.48. The van der Waals surface area contributed by atoms with Crippen LogP contribution >= 0.6 is 0 Å². The first kappa shape index (κ1) is 21.0. The molecule has 0 bridgehead atoms. The van der Waals surface area contributed by atoms with Crippen LogP contribution in [-0.2, 0) is 14.6 Å². The summed E-state index contributed by atoms with van der Waals surface area (Å²) >= 11 is 0. The van der Waals surface area contributed by atoms with Crippen molar-refractivity contribution in [1.29, 1.82) is 0 Å². The lowest BCUT2D eigenvalue weighted by Crippen LogP contribution is -2.26. The summed E-state index contributed by atoms with van der Waals surface area (Å²) < 4.78 is 28.5. The molecule has 6 heteroatoms. The van der Waals surface area contributed by atoms with Crippen molar-refractivity contribution >= 4 is 21.4 Å². The Morgan fingerprint density at radius 2 is 1.78 bits per heavy atom. The monoisotopic (exact) mass is 389 g/mol. The van der Waals surface area contributed by atoms with Crippen LogP contribution in [0.5, 0.6) is 5.75 Å². The Hall–Kier alpha value is -2.34. The second-order valence-corrected chi connectivity index (χ2v) is 8.91. The number of ether oxygens (including phenoxy) is 1. The van der Waals surface area contributed by atoms with Crippen LogP contribution in [0.1, 0.15) is 38.2 Å². The van der Waals surface area contributed by atoms with Crippen LogP contribution in [-0.4, -0.2) is 34.2 Å². The number of carbonyl (C=O) groups excluding carboxylic acids is 1. The van der Waals surface area contributed by atoms with Crippen molar-refractivity contribution < 1.29 is 17.9 Å². The summed E-state index contributed by atoms with van der Waals surface area (Å²) in [6, 6.07) is 14.3. The van der Waals surface area contributed by atoms with Crippen molar-refractivity contribution in [2.75, 3.05) is 24.8 Å². The molecule has 1 amide bonds. The number of anilines is 1. The van der Waals surface area contributed by atoms with E-state index in [4.69, 9.17) is 4.74 Å². The molecule has 0 N–H and O–H groups in total. The predicted octanol–water partition coefficient (Wildman–Crippen LogP) is 4.04. The summed E-state index contributed by atoms with van der Waals surface area (Å²) in [5, 5.41) is 0. The molecule has 2 aromatic rings. The van der Waals surface area contributed by atoms with Crippen LogP contribution in [0, 0.1) is 0 Å². The van der Waals surface area contributed by atoms with Crippen LogP contribution in [0.4, 0.5) is 5.69 Å². The molecule has 27 heavy (non-hydrogen) atoms. The number of hydrogen-bond acceptors (Lipinski definition) is 4. The highest BCUT2D eigenvalue weighted by molar-refractivity contribution is 7.90. The van der Waals surface area contributed by atoms with Crippen LogP contribution in [0.3, 0.4) is 0 Å². The summed E-state index contributed by atoms with van der Waals surface area (Å²) in [4.78, 5) is 14.3. The van der Waals surface area contributed by atoms with E-state index in [-0.39, 0.29) is 10.8 Å². The van der Waals surface area contributed by atoms with Gasteiger partial charge in [0, 0.05) is 25.4 Å². The molecule has 0 radical (unpaired) electrons. The van der Waals surface area contributed by atoms with E-state index >= 15 is 0 Å². The van der Waals surface area contributed by atoms with E-state index in [1.165, 1.54) is 24.0 Å². The lowest BCUT2D eigenvalue weighted by atomic mass is 10.0. The molecular formula is C21H27NO4S. The van der Waals surface area contributed by atoms with E-state index in [1.54, 1.807) is 24.1 Å². The molecule has 0 aliphatic heterocycles. The van der Waals surface area contributed by atoms with Crippen LogP contribution < -0.4 is 9.64 Å². The number of sulfone groups is 1. The maximum absolute atomic E-state index is 12.4. The van der Waals surface area contributed by atoms with Crippen molar-refractivity contribution in [2.24, 2.45) is 0 Å².